The number of hydrogen-bond acceptors (Lipinski definition) is 4. The van der Waals surface area contributed by atoms with Gasteiger partial charge in [0.25, 0.3) is 5.91 Å². The number of Topliss-reactive ketones (excluding diaryl/α,β-unsaturated/α-hetero) is 1. The number of nitrogens with one attached hydrogen (secondary N) is 2. The summed E-state index contributed by atoms with van der Waals surface area (Å²) in [7, 11) is 0. The van der Waals surface area contributed by atoms with Crippen molar-refractivity contribution in [2.24, 2.45) is 0 Å². The number of amides is 1. The summed E-state index contributed by atoms with van der Waals surface area (Å²) >= 11 is 17.5. The van der Waals surface area contributed by atoms with Crippen molar-refractivity contribution < 1.29 is 18.7 Å². The first-order chi connectivity index (χ1) is 14.2. The SMILES string of the molecule is O=C(COc1ccc(Cl)c(F)c1)NC12CC(NCC(=O)c3ccc(Cl)c(Cl)c3)(C1)C2. The molecule has 2 bridgehead atoms. The molecular formula is C21H18Cl3FN2O3. The third-order valence-corrected chi connectivity index (χ3v) is 6.61. The molecular weight excluding hydrogens is 454 g/mol. The highest BCUT2D eigenvalue weighted by atomic mass is 35.5. The molecule has 0 heterocycles. The number of ether oxygens (including phenoxy) is 1. The topological polar surface area (TPSA) is 67.4 Å². The molecule has 5 rings (SSSR count). The molecule has 5 nitrogen and oxygen atoms in total. The Labute approximate surface area is 187 Å². The lowest BCUT2D eigenvalue weighted by Crippen LogP contribution is -2.83. The highest BCUT2D eigenvalue weighted by Gasteiger charge is 2.68. The van der Waals surface area contributed by atoms with Gasteiger partial charge in [-0.1, -0.05) is 34.8 Å². The van der Waals surface area contributed by atoms with Gasteiger partial charge >= 0.3 is 0 Å². The van der Waals surface area contributed by atoms with Gasteiger partial charge in [0.05, 0.1) is 21.6 Å². The molecule has 2 N–H and O–H groups in total. The zero-order valence-corrected chi connectivity index (χ0v) is 18.0. The predicted octanol–water partition coefficient (Wildman–Crippen LogP) is 4.43. The Morgan fingerprint density at radius 1 is 0.967 bits per heavy atom. The second kappa shape index (κ2) is 8.00. The summed E-state index contributed by atoms with van der Waals surface area (Å²) in [4.78, 5) is 24.5. The van der Waals surface area contributed by atoms with Gasteiger partial charge in [-0.15, -0.1) is 0 Å². The van der Waals surface area contributed by atoms with E-state index in [1.54, 1.807) is 18.2 Å². The summed E-state index contributed by atoms with van der Waals surface area (Å²) in [6.07, 6.45) is 2.24. The normalized spacial score (nSPS) is 23.9. The van der Waals surface area contributed by atoms with E-state index >= 15 is 0 Å². The van der Waals surface area contributed by atoms with Crippen LogP contribution < -0.4 is 15.4 Å². The van der Waals surface area contributed by atoms with Crippen LogP contribution in [-0.4, -0.2) is 35.9 Å². The molecule has 1 amide bonds. The van der Waals surface area contributed by atoms with Crippen LogP contribution in [0.15, 0.2) is 36.4 Å². The molecule has 0 unspecified atom stereocenters. The summed E-state index contributed by atoms with van der Waals surface area (Å²) in [6.45, 7) is -0.0215. The zero-order chi connectivity index (χ0) is 21.5. The minimum absolute atomic E-state index is 0.00360. The van der Waals surface area contributed by atoms with Gasteiger partial charge < -0.3 is 15.4 Å². The van der Waals surface area contributed by atoms with Gasteiger partial charge in [-0.05, 0) is 49.6 Å². The maximum absolute atomic E-state index is 13.4. The molecule has 158 valence electrons. The molecule has 3 saturated carbocycles. The molecule has 2 aromatic carbocycles. The molecule has 0 radical (unpaired) electrons. The summed E-state index contributed by atoms with van der Waals surface area (Å²) in [5.41, 5.74) is 0.118. The van der Waals surface area contributed by atoms with Crippen LogP contribution in [0.5, 0.6) is 5.75 Å². The first-order valence-corrected chi connectivity index (χ1v) is 10.4. The molecule has 3 aliphatic carbocycles. The first kappa shape index (κ1) is 21.4. The van der Waals surface area contributed by atoms with Gasteiger partial charge in [0, 0.05) is 22.7 Å². The van der Waals surface area contributed by atoms with Crippen LogP contribution in [0.1, 0.15) is 29.6 Å². The van der Waals surface area contributed by atoms with E-state index in [-0.39, 0.29) is 46.7 Å². The van der Waals surface area contributed by atoms with E-state index in [1.165, 1.54) is 12.1 Å². The molecule has 0 aliphatic heterocycles. The Hall–Kier alpha value is -1.86. The second-order valence-corrected chi connectivity index (χ2v) is 9.13. The average Bonchev–Trinajstić information content (AvgIpc) is 2.65. The van der Waals surface area contributed by atoms with Crippen molar-refractivity contribution in [3.05, 3.63) is 62.8 Å². The van der Waals surface area contributed by atoms with Crippen molar-refractivity contribution >= 4 is 46.5 Å². The number of ketones is 1. The van der Waals surface area contributed by atoms with Crippen molar-refractivity contribution in [3.63, 3.8) is 0 Å². The summed E-state index contributed by atoms with van der Waals surface area (Å²) in [6, 6.07) is 8.83. The van der Waals surface area contributed by atoms with Crippen molar-refractivity contribution in [3.8, 4) is 5.75 Å². The lowest BCUT2D eigenvalue weighted by Gasteiger charge is -2.70. The molecule has 9 heteroatoms. The Kier molecular flexibility index (Phi) is 5.70. The smallest absolute Gasteiger partial charge is 0.258 e. The molecule has 0 saturated heterocycles. The monoisotopic (exact) mass is 470 g/mol. The number of halogens is 4. The highest BCUT2D eigenvalue weighted by molar-refractivity contribution is 6.42. The third kappa shape index (κ3) is 4.28. The van der Waals surface area contributed by atoms with E-state index in [4.69, 9.17) is 39.5 Å². The van der Waals surface area contributed by atoms with E-state index in [2.05, 4.69) is 10.6 Å². The second-order valence-electron chi connectivity index (χ2n) is 7.91. The van der Waals surface area contributed by atoms with E-state index in [0.29, 0.717) is 15.6 Å². The van der Waals surface area contributed by atoms with E-state index in [0.717, 1.165) is 25.3 Å². The summed E-state index contributed by atoms with van der Waals surface area (Å²) < 4.78 is 18.7. The molecule has 0 aromatic heterocycles. The quantitative estimate of drug-likeness (QED) is 0.559. The van der Waals surface area contributed by atoms with Crippen LogP contribution in [0.25, 0.3) is 0 Å². The number of hydrogen-bond donors (Lipinski definition) is 2. The van der Waals surface area contributed by atoms with Crippen LogP contribution in [0.4, 0.5) is 4.39 Å². The standard InChI is InChI=1S/C21H18Cl3FN2O3/c22-14-3-1-12(5-16(14)24)18(28)7-26-20-9-21(10-20,11-20)27-19(29)8-30-13-2-4-15(23)17(25)6-13/h1-6,26H,7-11H2,(H,27,29). The molecule has 0 atom stereocenters. The Morgan fingerprint density at radius 3 is 2.33 bits per heavy atom. The van der Waals surface area contributed by atoms with Crippen LogP contribution >= 0.6 is 34.8 Å². The number of benzene rings is 2. The average molecular weight is 472 g/mol. The highest BCUT2D eigenvalue weighted by Crippen LogP contribution is 2.60. The predicted molar refractivity (Wildman–Crippen MR) is 113 cm³/mol. The minimum atomic E-state index is -0.600. The molecule has 30 heavy (non-hydrogen) atoms. The van der Waals surface area contributed by atoms with Crippen molar-refractivity contribution in [2.45, 2.75) is 30.3 Å². The van der Waals surface area contributed by atoms with Crippen LogP contribution in [0, 0.1) is 5.82 Å². The third-order valence-electron chi connectivity index (χ3n) is 5.56. The fourth-order valence-electron chi connectivity index (χ4n) is 4.19. The Bertz CT molecular complexity index is 1010. The first-order valence-electron chi connectivity index (χ1n) is 9.32. The van der Waals surface area contributed by atoms with Crippen LogP contribution in [0.2, 0.25) is 15.1 Å². The van der Waals surface area contributed by atoms with Gasteiger partial charge in [-0.25, -0.2) is 4.39 Å². The van der Waals surface area contributed by atoms with Gasteiger partial charge in [0.2, 0.25) is 0 Å². The van der Waals surface area contributed by atoms with Gasteiger partial charge in [0.1, 0.15) is 11.6 Å². The molecule has 2 aromatic rings. The lowest BCUT2D eigenvalue weighted by molar-refractivity contribution is -0.142. The van der Waals surface area contributed by atoms with Crippen molar-refractivity contribution in [1.29, 1.82) is 0 Å². The Morgan fingerprint density at radius 2 is 1.67 bits per heavy atom. The van der Waals surface area contributed by atoms with Crippen LogP contribution in [0.3, 0.4) is 0 Å². The maximum Gasteiger partial charge on any atom is 0.258 e. The fourth-order valence-corrected chi connectivity index (χ4v) is 4.61. The minimum Gasteiger partial charge on any atom is -0.484 e. The molecule has 3 fully saturated rings. The number of carbonyl (C=O) groups excluding carboxylic acids is 2. The summed E-state index contributed by atoms with van der Waals surface area (Å²) in [5.74, 6) is -0.702. The van der Waals surface area contributed by atoms with Crippen LogP contribution in [-0.2, 0) is 4.79 Å². The van der Waals surface area contributed by atoms with Gasteiger partial charge in [-0.2, -0.15) is 0 Å². The maximum atomic E-state index is 13.4. The van der Waals surface area contributed by atoms with Crippen molar-refractivity contribution in [1.82, 2.24) is 10.6 Å². The largest absolute Gasteiger partial charge is 0.484 e. The van der Waals surface area contributed by atoms with Gasteiger partial charge in [0.15, 0.2) is 12.4 Å². The Balaban J connectivity index is 1.20. The van der Waals surface area contributed by atoms with E-state index < -0.39 is 5.82 Å². The molecule has 0 spiro atoms. The fraction of sp³-hybridized carbons (Fsp3) is 0.333. The number of carbonyl (C=O) groups is 2. The zero-order valence-electron chi connectivity index (χ0n) is 15.7. The lowest BCUT2D eigenvalue weighted by atomic mass is 9.44. The summed E-state index contributed by atoms with van der Waals surface area (Å²) in [5, 5.41) is 7.02. The van der Waals surface area contributed by atoms with E-state index in [9.17, 15) is 14.0 Å². The number of rotatable bonds is 8. The molecule has 3 aliphatic rings. The van der Waals surface area contributed by atoms with Gasteiger partial charge in [-0.3, -0.25) is 9.59 Å². The van der Waals surface area contributed by atoms with E-state index in [1.807, 2.05) is 0 Å². The van der Waals surface area contributed by atoms with Crippen molar-refractivity contribution in [2.75, 3.05) is 13.2 Å².